The smallest absolute Gasteiger partial charge is 0.410 e. The van der Waals surface area contributed by atoms with E-state index >= 15 is 0 Å². The van der Waals surface area contributed by atoms with Crippen molar-refractivity contribution in [1.82, 2.24) is 20.2 Å². The molecule has 36 heavy (non-hydrogen) atoms. The molecule has 5 heterocycles. The molecule has 0 spiro atoms. The molecule has 3 aromatic rings. The van der Waals surface area contributed by atoms with Gasteiger partial charge in [0.05, 0.1) is 28.1 Å². The quantitative estimate of drug-likeness (QED) is 0.524. The van der Waals surface area contributed by atoms with Crippen LogP contribution >= 0.6 is 11.3 Å². The molecule has 0 bridgehead atoms. The predicted molar refractivity (Wildman–Crippen MR) is 138 cm³/mol. The number of nitrogens with zero attached hydrogens (tertiary/aromatic N) is 4. The number of anilines is 3. The molecule has 0 saturated carbocycles. The van der Waals surface area contributed by atoms with Gasteiger partial charge in [-0.05, 0) is 58.7 Å². The number of amides is 4. The number of nitrogens with one attached hydrogen (secondary N) is 2. The van der Waals surface area contributed by atoms with Crippen LogP contribution in [0.25, 0.3) is 10.2 Å². The minimum Gasteiger partial charge on any atom is -0.444 e. The summed E-state index contributed by atoms with van der Waals surface area (Å²) < 4.78 is 5.49. The standard InChI is InChI=1S/C25H28N6O4S/c1-14-16(8-5-10-26-14)31-17-9-11-27-22-18(17)19(29-23(31)33)20(36-22)21(32)28-15-7-6-12-30(13-15)24(34)35-25(2,3)4/h5,8-11,15H,6-7,12-13H2,1-4H3,(H,28,32)(H,29,33)/t15-/m1/s1. The summed E-state index contributed by atoms with van der Waals surface area (Å²) in [7, 11) is 0. The molecule has 0 aliphatic carbocycles. The largest absolute Gasteiger partial charge is 0.444 e. The Morgan fingerprint density at radius 2 is 2.00 bits per heavy atom. The average Bonchev–Trinajstić information content (AvgIpc) is 3.19. The number of hydrogen-bond acceptors (Lipinski definition) is 7. The normalized spacial score (nSPS) is 17.7. The summed E-state index contributed by atoms with van der Waals surface area (Å²) in [6.45, 7) is 8.28. The molecule has 0 unspecified atom stereocenters. The average molecular weight is 509 g/mol. The van der Waals surface area contributed by atoms with Crippen molar-refractivity contribution in [3.63, 3.8) is 0 Å². The second-order valence-electron chi connectivity index (χ2n) is 9.93. The molecule has 4 amide bonds. The van der Waals surface area contributed by atoms with E-state index in [0.29, 0.717) is 45.6 Å². The van der Waals surface area contributed by atoms with Crippen molar-refractivity contribution >= 4 is 56.6 Å². The number of aromatic nitrogens is 2. The number of urea groups is 1. The molecule has 1 fully saturated rings. The third-order valence-electron chi connectivity index (χ3n) is 6.08. The molecule has 5 rings (SSSR count). The van der Waals surface area contributed by atoms with Crippen LogP contribution in [0.15, 0.2) is 30.6 Å². The van der Waals surface area contributed by atoms with Crippen LogP contribution in [0.2, 0.25) is 0 Å². The van der Waals surface area contributed by atoms with E-state index < -0.39 is 5.60 Å². The van der Waals surface area contributed by atoms with Gasteiger partial charge in [-0.15, -0.1) is 11.3 Å². The van der Waals surface area contributed by atoms with E-state index in [1.165, 1.54) is 11.3 Å². The number of ether oxygens (including phenoxy) is 1. The molecule has 2 N–H and O–H groups in total. The molecule has 11 heteroatoms. The van der Waals surface area contributed by atoms with Crippen molar-refractivity contribution in [2.24, 2.45) is 0 Å². The Balaban J connectivity index is 1.41. The first kappa shape index (κ1) is 24.0. The van der Waals surface area contributed by atoms with E-state index in [9.17, 15) is 14.4 Å². The van der Waals surface area contributed by atoms with E-state index in [1.54, 1.807) is 34.3 Å². The summed E-state index contributed by atoms with van der Waals surface area (Å²) >= 11 is 1.23. The zero-order valence-corrected chi connectivity index (χ0v) is 21.4. The fourth-order valence-corrected chi connectivity index (χ4v) is 5.56. The predicted octanol–water partition coefficient (Wildman–Crippen LogP) is 4.81. The second kappa shape index (κ2) is 9.05. The maximum Gasteiger partial charge on any atom is 0.410 e. The van der Waals surface area contributed by atoms with Crippen LogP contribution in [0.3, 0.4) is 0 Å². The van der Waals surface area contributed by atoms with E-state index in [1.807, 2.05) is 33.8 Å². The Kier molecular flexibility index (Phi) is 6.03. The van der Waals surface area contributed by atoms with Crippen LogP contribution in [-0.2, 0) is 4.74 Å². The van der Waals surface area contributed by atoms with E-state index in [2.05, 4.69) is 20.6 Å². The van der Waals surface area contributed by atoms with Crippen LogP contribution in [0.4, 0.5) is 26.7 Å². The van der Waals surface area contributed by atoms with Gasteiger partial charge < -0.3 is 20.3 Å². The summed E-state index contributed by atoms with van der Waals surface area (Å²) in [4.78, 5) is 52.1. The minimum atomic E-state index is -0.585. The maximum absolute atomic E-state index is 13.4. The maximum atomic E-state index is 13.4. The monoisotopic (exact) mass is 508 g/mol. The SMILES string of the molecule is Cc1ncccc1N1C(=O)Nc2c(C(=O)N[C@@H]3CCCN(C(=O)OC(C)(C)C)C3)sc3nccc1c23. The van der Waals surface area contributed by atoms with E-state index in [-0.39, 0.29) is 24.1 Å². The number of likely N-dealkylation sites (tertiary alicyclic amines) is 1. The summed E-state index contributed by atoms with van der Waals surface area (Å²) in [5.41, 5.74) is 1.89. The lowest BCUT2D eigenvalue weighted by molar-refractivity contribution is 0.0185. The molecular formula is C25H28N6O4S. The number of hydrogen-bond donors (Lipinski definition) is 2. The van der Waals surface area contributed by atoms with Crippen molar-refractivity contribution in [3.8, 4) is 0 Å². The van der Waals surface area contributed by atoms with Crippen LogP contribution in [0, 0.1) is 6.92 Å². The lowest BCUT2D eigenvalue weighted by Crippen LogP contribution is -2.50. The Hall–Kier alpha value is -3.73. The fourth-order valence-electron chi connectivity index (χ4n) is 4.53. The van der Waals surface area contributed by atoms with Crippen LogP contribution < -0.4 is 15.5 Å². The number of carbonyl (C=O) groups is 3. The first-order chi connectivity index (χ1) is 17.1. The lowest BCUT2D eigenvalue weighted by Gasteiger charge is -2.34. The van der Waals surface area contributed by atoms with Gasteiger partial charge in [0.2, 0.25) is 0 Å². The zero-order chi connectivity index (χ0) is 25.6. The highest BCUT2D eigenvalue weighted by molar-refractivity contribution is 7.21. The first-order valence-corrected chi connectivity index (χ1v) is 12.7. The topological polar surface area (TPSA) is 117 Å². The number of pyridine rings is 2. The van der Waals surface area contributed by atoms with Gasteiger partial charge in [0.1, 0.15) is 15.3 Å². The zero-order valence-electron chi connectivity index (χ0n) is 20.6. The molecule has 0 radical (unpaired) electrons. The molecule has 10 nitrogen and oxygen atoms in total. The molecular weight excluding hydrogens is 480 g/mol. The Morgan fingerprint density at radius 1 is 1.19 bits per heavy atom. The fraction of sp³-hybridized carbons (Fsp3) is 0.400. The third-order valence-corrected chi connectivity index (χ3v) is 7.18. The van der Waals surface area contributed by atoms with Crippen molar-refractivity contribution in [1.29, 1.82) is 0 Å². The summed E-state index contributed by atoms with van der Waals surface area (Å²) in [5, 5.41) is 6.67. The molecule has 0 aromatic carbocycles. The van der Waals surface area contributed by atoms with Gasteiger partial charge in [-0.2, -0.15) is 0 Å². The number of carbonyl (C=O) groups excluding carboxylic acids is 3. The van der Waals surface area contributed by atoms with Crippen molar-refractivity contribution in [2.45, 2.75) is 52.2 Å². The molecule has 188 valence electrons. The van der Waals surface area contributed by atoms with Gasteiger partial charge in [-0.25, -0.2) is 14.6 Å². The second-order valence-corrected chi connectivity index (χ2v) is 10.9. The summed E-state index contributed by atoms with van der Waals surface area (Å²) in [6, 6.07) is 4.79. The number of aryl methyl sites for hydroxylation is 1. The number of thiophene rings is 1. The Bertz CT molecular complexity index is 1360. The highest BCUT2D eigenvalue weighted by Crippen LogP contribution is 2.46. The van der Waals surface area contributed by atoms with Gasteiger partial charge in [0, 0.05) is 31.5 Å². The summed E-state index contributed by atoms with van der Waals surface area (Å²) in [5.74, 6) is -0.304. The van der Waals surface area contributed by atoms with Crippen LogP contribution in [0.5, 0.6) is 0 Å². The summed E-state index contributed by atoms with van der Waals surface area (Å²) in [6.07, 6.45) is 4.43. The highest BCUT2D eigenvalue weighted by atomic mass is 32.1. The molecule has 1 saturated heterocycles. The van der Waals surface area contributed by atoms with Gasteiger partial charge in [-0.1, -0.05) is 0 Å². The Labute approximate surface area is 212 Å². The molecule has 2 aliphatic rings. The van der Waals surface area contributed by atoms with Crippen LogP contribution in [-0.4, -0.2) is 57.6 Å². The molecule has 2 aliphatic heterocycles. The number of piperidine rings is 1. The first-order valence-electron chi connectivity index (χ1n) is 11.9. The van der Waals surface area contributed by atoms with Crippen molar-refractivity contribution < 1.29 is 19.1 Å². The highest BCUT2D eigenvalue weighted by Gasteiger charge is 2.35. The van der Waals surface area contributed by atoms with Gasteiger partial charge in [0.25, 0.3) is 5.91 Å². The van der Waals surface area contributed by atoms with Gasteiger partial charge in [-0.3, -0.25) is 14.7 Å². The molecule has 1 atom stereocenters. The lowest BCUT2D eigenvalue weighted by atomic mass is 10.1. The van der Waals surface area contributed by atoms with Crippen molar-refractivity contribution in [3.05, 3.63) is 41.2 Å². The van der Waals surface area contributed by atoms with Gasteiger partial charge in [0.15, 0.2) is 0 Å². The van der Waals surface area contributed by atoms with E-state index in [4.69, 9.17) is 4.74 Å². The van der Waals surface area contributed by atoms with E-state index in [0.717, 1.165) is 18.2 Å². The third kappa shape index (κ3) is 4.46. The Morgan fingerprint density at radius 3 is 2.75 bits per heavy atom. The van der Waals surface area contributed by atoms with Crippen molar-refractivity contribution in [2.75, 3.05) is 23.3 Å². The van der Waals surface area contributed by atoms with Crippen LogP contribution in [0.1, 0.15) is 49.0 Å². The number of rotatable bonds is 3. The molecule has 3 aromatic heterocycles. The minimum absolute atomic E-state index is 0.225. The van der Waals surface area contributed by atoms with Gasteiger partial charge >= 0.3 is 12.1 Å².